The van der Waals surface area contributed by atoms with E-state index in [9.17, 15) is 0 Å². The van der Waals surface area contributed by atoms with Gasteiger partial charge in [0.15, 0.2) is 4.34 Å². The van der Waals surface area contributed by atoms with E-state index in [1.807, 2.05) is 25.1 Å². The first-order valence-electron chi connectivity index (χ1n) is 4.84. The summed E-state index contributed by atoms with van der Waals surface area (Å²) in [5.41, 5.74) is 0.842. The standard InChI is InChI=1S/C10H7ClN4S2/c1-5-12-9(15-14-5)17-10-13-8-6(11)3-2-4-7(8)16-10/h2-4H,1H3,(H,12,14,15). The molecule has 0 aliphatic heterocycles. The number of para-hydroxylation sites is 1. The van der Waals surface area contributed by atoms with Gasteiger partial charge in [-0.2, -0.15) is 0 Å². The molecule has 3 aromatic rings. The molecule has 0 saturated carbocycles. The minimum atomic E-state index is 0.678. The molecular weight excluding hydrogens is 276 g/mol. The molecule has 0 atom stereocenters. The van der Waals surface area contributed by atoms with Crippen LogP contribution in [0.25, 0.3) is 10.2 Å². The zero-order valence-electron chi connectivity index (χ0n) is 8.77. The quantitative estimate of drug-likeness (QED) is 0.781. The average Bonchev–Trinajstić information content (AvgIpc) is 2.86. The number of rotatable bonds is 2. The maximum absolute atomic E-state index is 6.07. The monoisotopic (exact) mass is 282 g/mol. The normalized spacial score (nSPS) is 11.2. The van der Waals surface area contributed by atoms with Crippen molar-refractivity contribution in [3.05, 3.63) is 29.0 Å². The van der Waals surface area contributed by atoms with Crippen LogP contribution < -0.4 is 0 Å². The van der Waals surface area contributed by atoms with Crippen molar-refractivity contribution in [2.24, 2.45) is 0 Å². The predicted molar refractivity (Wildman–Crippen MR) is 69.9 cm³/mol. The van der Waals surface area contributed by atoms with Crippen molar-refractivity contribution < 1.29 is 0 Å². The summed E-state index contributed by atoms with van der Waals surface area (Å²) in [6.45, 7) is 1.87. The Kier molecular flexibility index (Phi) is 2.78. The number of H-pyrrole nitrogens is 1. The van der Waals surface area contributed by atoms with E-state index in [0.717, 1.165) is 20.4 Å². The molecule has 3 rings (SSSR count). The molecule has 1 aromatic carbocycles. The van der Waals surface area contributed by atoms with Gasteiger partial charge in [0.2, 0.25) is 5.16 Å². The Morgan fingerprint density at radius 2 is 2.24 bits per heavy atom. The lowest BCUT2D eigenvalue weighted by atomic mass is 10.3. The first-order chi connectivity index (χ1) is 8.22. The molecule has 4 nitrogen and oxygen atoms in total. The summed E-state index contributed by atoms with van der Waals surface area (Å²) in [4.78, 5) is 8.70. The topological polar surface area (TPSA) is 54.5 Å². The van der Waals surface area contributed by atoms with Gasteiger partial charge < -0.3 is 0 Å². The molecule has 0 aliphatic carbocycles. The SMILES string of the molecule is Cc1nc(Sc2nc3c(Cl)cccc3s2)n[nH]1. The Morgan fingerprint density at radius 1 is 1.35 bits per heavy atom. The van der Waals surface area contributed by atoms with E-state index in [0.29, 0.717) is 10.2 Å². The van der Waals surface area contributed by atoms with Gasteiger partial charge in [0, 0.05) is 0 Å². The van der Waals surface area contributed by atoms with Gasteiger partial charge in [-0.3, -0.25) is 5.10 Å². The fourth-order valence-electron chi connectivity index (χ4n) is 1.38. The third-order valence-electron chi connectivity index (χ3n) is 2.11. The highest BCUT2D eigenvalue weighted by molar-refractivity contribution is 8.01. The Labute approximate surface area is 110 Å². The maximum atomic E-state index is 6.07. The van der Waals surface area contributed by atoms with Crippen LogP contribution >= 0.6 is 34.7 Å². The van der Waals surface area contributed by atoms with Crippen LogP contribution in [0.3, 0.4) is 0 Å². The van der Waals surface area contributed by atoms with Gasteiger partial charge in [0.05, 0.1) is 9.72 Å². The molecule has 0 amide bonds. The fraction of sp³-hybridized carbons (Fsp3) is 0.100. The van der Waals surface area contributed by atoms with Crippen molar-refractivity contribution in [2.45, 2.75) is 16.4 Å². The second-order valence-electron chi connectivity index (χ2n) is 3.37. The molecule has 2 aromatic heterocycles. The molecule has 0 aliphatic rings. The van der Waals surface area contributed by atoms with Gasteiger partial charge >= 0.3 is 0 Å². The fourth-order valence-corrected chi connectivity index (χ4v) is 3.61. The molecule has 0 radical (unpaired) electrons. The molecule has 0 bridgehead atoms. The van der Waals surface area contributed by atoms with Crippen molar-refractivity contribution in [2.75, 3.05) is 0 Å². The third-order valence-corrected chi connectivity index (χ3v) is 4.36. The summed E-state index contributed by atoms with van der Waals surface area (Å²) in [5, 5.41) is 8.22. The van der Waals surface area contributed by atoms with Crippen LogP contribution in [0.2, 0.25) is 5.02 Å². The number of nitrogens with zero attached hydrogens (tertiary/aromatic N) is 3. The highest BCUT2D eigenvalue weighted by Crippen LogP contribution is 2.35. The number of benzene rings is 1. The number of nitrogens with one attached hydrogen (secondary N) is 1. The van der Waals surface area contributed by atoms with Gasteiger partial charge in [-0.05, 0) is 30.8 Å². The number of halogens is 1. The van der Waals surface area contributed by atoms with Crippen LogP contribution in [0.5, 0.6) is 0 Å². The minimum Gasteiger partial charge on any atom is -0.262 e. The summed E-state index contributed by atoms with van der Waals surface area (Å²) in [5.74, 6) is 0.798. The highest BCUT2D eigenvalue weighted by Gasteiger charge is 2.10. The summed E-state index contributed by atoms with van der Waals surface area (Å²) < 4.78 is 1.97. The lowest BCUT2D eigenvalue weighted by Crippen LogP contribution is -1.75. The number of thiazole rings is 1. The molecule has 86 valence electrons. The zero-order chi connectivity index (χ0) is 11.8. The summed E-state index contributed by atoms with van der Waals surface area (Å²) in [6, 6.07) is 5.77. The van der Waals surface area contributed by atoms with E-state index in [-0.39, 0.29) is 0 Å². The van der Waals surface area contributed by atoms with Crippen molar-refractivity contribution in [1.82, 2.24) is 20.2 Å². The lowest BCUT2D eigenvalue weighted by molar-refractivity contribution is 0.968. The number of aryl methyl sites for hydroxylation is 1. The van der Waals surface area contributed by atoms with Gasteiger partial charge in [0.25, 0.3) is 0 Å². The molecule has 0 spiro atoms. The van der Waals surface area contributed by atoms with E-state index in [2.05, 4.69) is 20.2 Å². The first-order valence-corrected chi connectivity index (χ1v) is 6.85. The van der Waals surface area contributed by atoms with Gasteiger partial charge in [-0.15, -0.1) is 16.4 Å². The average molecular weight is 283 g/mol. The van der Waals surface area contributed by atoms with Crippen LogP contribution in [0.1, 0.15) is 5.82 Å². The molecule has 2 heterocycles. The van der Waals surface area contributed by atoms with E-state index < -0.39 is 0 Å². The Bertz CT molecular complexity index is 676. The maximum Gasteiger partial charge on any atom is 0.215 e. The van der Waals surface area contributed by atoms with Crippen LogP contribution in [-0.2, 0) is 0 Å². The molecule has 7 heteroatoms. The predicted octanol–water partition coefficient (Wildman–Crippen LogP) is 3.53. The molecule has 0 fully saturated rings. The molecule has 1 N–H and O–H groups in total. The van der Waals surface area contributed by atoms with E-state index >= 15 is 0 Å². The second-order valence-corrected chi connectivity index (χ2v) is 6.02. The Morgan fingerprint density at radius 3 is 2.94 bits per heavy atom. The van der Waals surface area contributed by atoms with Crippen molar-refractivity contribution in [1.29, 1.82) is 0 Å². The van der Waals surface area contributed by atoms with Crippen molar-refractivity contribution >= 4 is 44.9 Å². The van der Waals surface area contributed by atoms with Crippen LogP contribution in [0, 0.1) is 6.92 Å². The molecule has 0 unspecified atom stereocenters. The third kappa shape index (κ3) is 2.15. The number of hydrogen-bond donors (Lipinski definition) is 1. The highest BCUT2D eigenvalue weighted by atomic mass is 35.5. The van der Waals surface area contributed by atoms with E-state index in [1.165, 1.54) is 11.8 Å². The summed E-state index contributed by atoms with van der Waals surface area (Å²) >= 11 is 9.10. The van der Waals surface area contributed by atoms with Crippen LogP contribution in [-0.4, -0.2) is 20.2 Å². The smallest absolute Gasteiger partial charge is 0.215 e. The van der Waals surface area contributed by atoms with Crippen molar-refractivity contribution in [3.8, 4) is 0 Å². The van der Waals surface area contributed by atoms with Crippen LogP contribution in [0.15, 0.2) is 27.7 Å². The van der Waals surface area contributed by atoms with Crippen LogP contribution in [0.4, 0.5) is 0 Å². The number of aromatic amines is 1. The Balaban J connectivity index is 1.98. The number of hydrogen-bond acceptors (Lipinski definition) is 5. The van der Waals surface area contributed by atoms with E-state index in [4.69, 9.17) is 11.6 Å². The van der Waals surface area contributed by atoms with Gasteiger partial charge in [-0.25, -0.2) is 9.97 Å². The largest absolute Gasteiger partial charge is 0.262 e. The number of aromatic nitrogens is 4. The van der Waals surface area contributed by atoms with Gasteiger partial charge in [0.1, 0.15) is 11.3 Å². The molecule has 17 heavy (non-hydrogen) atoms. The van der Waals surface area contributed by atoms with Crippen molar-refractivity contribution in [3.63, 3.8) is 0 Å². The van der Waals surface area contributed by atoms with E-state index in [1.54, 1.807) is 11.3 Å². The van der Waals surface area contributed by atoms with Gasteiger partial charge in [-0.1, -0.05) is 17.7 Å². The zero-order valence-corrected chi connectivity index (χ0v) is 11.2. The Hall–Kier alpha value is -1.11. The lowest BCUT2D eigenvalue weighted by Gasteiger charge is -1.88. The first kappa shape index (κ1) is 11.0. The summed E-state index contributed by atoms with van der Waals surface area (Å²) in [7, 11) is 0. The second kappa shape index (κ2) is 4.29. The summed E-state index contributed by atoms with van der Waals surface area (Å²) in [6.07, 6.45) is 0. The number of fused-ring (bicyclic) bond motifs is 1. The molecular formula is C10H7ClN4S2. The minimum absolute atomic E-state index is 0.678. The molecule has 0 saturated heterocycles.